The van der Waals surface area contributed by atoms with Gasteiger partial charge in [-0.05, 0) is 11.5 Å². The van der Waals surface area contributed by atoms with Crippen molar-refractivity contribution in [3.05, 3.63) is 47.0 Å². The van der Waals surface area contributed by atoms with Gasteiger partial charge < -0.3 is 0 Å². The van der Waals surface area contributed by atoms with E-state index in [9.17, 15) is 4.79 Å². The van der Waals surface area contributed by atoms with Crippen LogP contribution in [0.4, 0.5) is 0 Å². The summed E-state index contributed by atoms with van der Waals surface area (Å²) < 4.78 is 1.50. The molecule has 0 saturated heterocycles. The monoisotopic (exact) mass is 215 g/mol. The molecule has 1 aromatic carbocycles. The van der Waals surface area contributed by atoms with Crippen LogP contribution >= 0.6 is 0 Å². The van der Waals surface area contributed by atoms with Crippen LogP contribution in [0.5, 0.6) is 0 Å². The molecule has 0 fully saturated rings. The Bertz CT molecular complexity index is 666. The average Bonchev–Trinajstić information content (AvgIpc) is 2.74. The molecule has 2 heterocycles. The minimum absolute atomic E-state index is 0.203. The van der Waals surface area contributed by atoms with Crippen molar-refractivity contribution in [2.75, 3.05) is 0 Å². The molecule has 3 aromatic rings. The molecule has 0 atom stereocenters. The quantitative estimate of drug-likeness (QED) is 0.625. The highest BCUT2D eigenvalue weighted by molar-refractivity contribution is 5.93. The van der Waals surface area contributed by atoms with Crippen LogP contribution in [0.3, 0.4) is 0 Å². The van der Waals surface area contributed by atoms with Crippen LogP contribution in [0, 0.1) is 0 Å². The van der Waals surface area contributed by atoms with E-state index < -0.39 is 0 Å². The van der Waals surface area contributed by atoms with Crippen molar-refractivity contribution in [2.45, 2.75) is 13.8 Å². The lowest BCUT2D eigenvalue weighted by Crippen LogP contribution is -2.08. The number of nitrogens with one attached hydrogen (secondary N) is 1. The highest BCUT2D eigenvalue weighted by Gasteiger charge is 2.02. The van der Waals surface area contributed by atoms with Gasteiger partial charge in [-0.2, -0.15) is 5.10 Å². The first-order valence-corrected chi connectivity index (χ1v) is 5.31. The minimum Gasteiger partial charge on any atom is -0.250 e. The lowest BCUT2D eigenvalue weighted by Gasteiger charge is -1.97. The van der Waals surface area contributed by atoms with Gasteiger partial charge in [0.2, 0.25) is 0 Å². The van der Waals surface area contributed by atoms with Crippen LogP contribution in [-0.2, 0) is 0 Å². The van der Waals surface area contributed by atoms with Crippen molar-refractivity contribution in [2.24, 2.45) is 0 Å². The van der Waals surface area contributed by atoms with E-state index in [1.807, 2.05) is 44.2 Å². The molecule has 2 aromatic heterocycles. The topological polar surface area (TPSA) is 50.2 Å². The molecule has 16 heavy (non-hydrogen) atoms. The Morgan fingerprint density at radius 2 is 1.94 bits per heavy atom. The van der Waals surface area contributed by atoms with Crippen LogP contribution in [0.2, 0.25) is 0 Å². The second-order valence-corrected chi connectivity index (χ2v) is 3.13. The molecule has 4 heteroatoms. The molecule has 0 aliphatic rings. The van der Waals surface area contributed by atoms with E-state index in [1.54, 1.807) is 6.20 Å². The summed E-state index contributed by atoms with van der Waals surface area (Å²) in [6.45, 7) is 4.00. The number of fused-ring (bicyclic) bond motifs is 3. The maximum Gasteiger partial charge on any atom is 0.347 e. The largest absolute Gasteiger partial charge is 0.347 e. The molecular weight excluding hydrogens is 202 g/mol. The summed E-state index contributed by atoms with van der Waals surface area (Å²) in [7, 11) is 0. The Kier molecular flexibility index (Phi) is 2.72. The van der Waals surface area contributed by atoms with Gasteiger partial charge in [-0.3, -0.25) is 0 Å². The standard InChI is InChI=1S/C10H7N3O.C2H6/c14-10-12-11-9-8-4-2-1-3-7(8)5-6-13(9)10;1-2/h1-6H,(H,12,14);1-2H3. The minimum atomic E-state index is -0.203. The van der Waals surface area contributed by atoms with E-state index in [-0.39, 0.29) is 5.69 Å². The zero-order valence-electron chi connectivity index (χ0n) is 9.27. The third-order valence-corrected chi connectivity index (χ3v) is 2.31. The summed E-state index contributed by atoms with van der Waals surface area (Å²) in [4.78, 5) is 11.3. The maximum atomic E-state index is 11.3. The summed E-state index contributed by atoms with van der Waals surface area (Å²) in [5, 5.41) is 8.46. The Balaban J connectivity index is 0.000000457. The Morgan fingerprint density at radius 3 is 2.75 bits per heavy atom. The first kappa shape index (κ1) is 10.4. The van der Waals surface area contributed by atoms with Gasteiger partial charge in [-0.15, -0.1) is 0 Å². The summed E-state index contributed by atoms with van der Waals surface area (Å²) >= 11 is 0. The summed E-state index contributed by atoms with van der Waals surface area (Å²) in [5.41, 5.74) is 0.471. The third kappa shape index (κ3) is 1.48. The van der Waals surface area contributed by atoms with Crippen molar-refractivity contribution in [3.8, 4) is 0 Å². The fraction of sp³-hybridized carbons (Fsp3) is 0.167. The number of hydrogen-bond donors (Lipinski definition) is 1. The van der Waals surface area contributed by atoms with Gasteiger partial charge in [-0.1, -0.05) is 38.1 Å². The van der Waals surface area contributed by atoms with E-state index >= 15 is 0 Å². The fourth-order valence-corrected chi connectivity index (χ4v) is 1.63. The fourth-order valence-electron chi connectivity index (χ4n) is 1.63. The highest BCUT2D eigenvalue weighted by Crippen LogP contribution is 2.15. The number of rotatable bonds is 0. The van der Waals surface area contributed by atoms with Gasteiger partial charge in [0.15, 0.2) is 5.65 Å². The van der Waals surface area contributed by atoms with E-state index in [2.05, 4.69) is 10.2 Å². The smallest absolute Gasteiger partial charge is 0.250 e. The molecule has 0 aliphatic carbocycles. The molecule has 0 unspecified atom stereocenters. The van der Waals surface area contributed by atoms with Gasteiger partial charge in [0, 0.05) is 11.6 Å². The first-order chi connectivity index (χ1) is 7.86. The number of benzene rings is 1. The van der Waals surface area contributed by atoms with Crippen molar-refractivity contribution >= 4 is 16.4 Å². The lowest BCUT2D eigenvalue weighted by molar-refractivity contribution is 1.02. The third-order valence-electron chi connectivity index (χ3n) is 2.31. The normalized spacial score (nSPS) is 10.1. The van der Waals surface area contributed by atoms with E-state index in [0.717, 1.165) is 10.8 Å². The number of H-pyrrole nitrogens is 1. The van der Waals surface area contributed by atoms with Crippen molar-refractivity contribution in [1.29, 1.82) is 0 Å². The lowest BCUT2D eigenvalue weighted by atomic mass is 10.2. The molecule has 0 radical (unpaired) electrons. The number of hydrogen-bond acceptors (Lipinski definition) is 2. The summed E-state index contributed by atoms with van der Waals surface area (Å²) in [6, 6.07) is 9.74. The van der Waals surface area contributed by atoms with Crippen molar-refractivity contribution in [1.82, 2.24) is 14.6 Å². The van der Waals surface area contributed by atoms with Crippen LogP contribution < -0.4 is 5.69 Å². The molecule has 0 spiro atoms. The van der Waals surface area contributed by atoms with Gasteiger partial charge >= 0.3 is 5.69 Å². The molecular formula is C12H13N3O. The average molecular weight is 215 g/mol. The molecule has 0 bridgehead atoms. The molecule has 3 rings (SSSR count). The van der Waals surface area contributed by atoms with Crippen LogP contribution in [0.15, 0.2) is 41.3 Å². The van der Waals surface area contributed by atoms with Gasteiger partial charge in [0.1, 0.15) is 0 Å². The molecule has 0 aliphatic heterocycles. The van der Waals surface area contributed by atoms with Gasteiger partial charge in [-0.25, -0.2) is 14.3 Å². The van der Waals surface area contributed by atoms with Crippen LogP contribution in [0.25, 0.3) is 16.4 Å². The number of nitrogens with zero attached hydrogens (tertiary/aromatic N) is 2. The Hall–Kier alpha value is -2.10. The molecule has 82 valence electrons. The zero-order valence-corrected chi connectivity index (χ0v) is 9.27. The van der Waals surface area contributed by atoms with E-state index in [0.29, 0.717) is 5.65 Å². The predicted octanol–water partition coefficient (Wildman–Crippen LogP) is 2.20. The highest BCUT2D eigenvalue weighted by atomic mass is 16.1. The second-order valence-electron chi connectivity index (χ2n) is 3.13. The van der Waals surface area contributed by atoms with Crippen molar-refractivity contribution in [3.63, 3.8) is 0 Å². The molecule has 4 nitrogen and oxygen atoms in total. The van der Waals surface area contributed by atoms with Crippen LogP contribution in [-0.4, -0.2) is 14.6 Å². The van der Waals surface area contributed by atoms with E-state index in [1.165, 1.54) is 4.40 Å². The second kappa shape index (κ2) is 4.18. The molecule has 1 N–H and O–H groups in total. The molecule has 0 amide bonds. The van der Waals surface area contributed by atoms with Gasteiger partial charge in [0.25, 0.3) is 0 Å². The molecule has 0 saturated carbocycles. The number of aromatic amines is 1. The maximum absolute atomic E-state index is 11.3. The predicted molar refractivity (Wildman–Crippen MR) is 64.7 cm³/mol. The number of pyridine rings is 1. The zero-order chi connectivity index (χ0) is 11.5. The van der Waals surface area contributed by atoms with Crippen LogP contribution in [0.1, 0.15) is 13.8 Å². The number of aromatic nitrogens is 3. The first-order valence-electron chi connectivity index (χ1n) is 5.31. The van der Waals surface area contributed by atoms with Gasteiger partial charge in [0.05, 0.1) is 0 Å². The Morgan fingerprint density at radius 1 is 1.19 bits per heavy atom. The Labute approximate surface area is 92.5 Å². The summed E-state index contributed by atoms with van der Waals surface area (Å²) in [6.07, 6.45) is 1.73. The van der Waals surface area contributed by atoms with Crippen molar-refractivity contribution < 1.29 is 0 Å². The van der Waals surface area contributed by atoms with E-state index in [4.69, 9.17) is 0 Å². The summed E-state index contributed by atoms with van der Waals surface area (Å²) in [5.74, 6) is 0. The SMILES string of the molecule is CC.O=c1[nH]nc2c3ccccc3ccn12.